The normalized spacial score (nSPS) is 11.0. The Labute approximate surface area is 193 Å². The highest BCUT2D eigenvalue weighted by Crippen LogP contribution is 2.24. The number of anilines is 1. The molecule has 1 amide bonds. The van der Waals surface area contributed by atoms with Gasteiger partial charge in [-0.1, -0.05) is 6.92 Å². The van der Waals surface area contributed by atoms with Crippen molar-refractivity contribution in [2.24, 2.45) is 0 Å². The van der Waals surface area contributed by atoms with Crippen molar-refractivity contribution < 1.29 is 18.7 Å². The number of fused-ring (bicyclic) bond motifs is 1. The monoisotopic (exact) mass is 454 g/mol. The fourth-order valence-corrected chi connectivity index (χ4v) is 3.83. The van der Waals surface area contributed by atoms with Crippen LogP contribution in [0.15, 0.2) is 24.4 Å². The molecule has 0 spiro atoms. The zero-order chi connectivity index (χ0) is 24.1. The number of hydrogen-bond acceptors (Lipinski definition) is 5. The molecule has 0 atom stereocenters. The number of aromatic nitrogens is 2. The zero-order valence-electron chi connectivity index (χ0n) is 19.8. The number of halogens is 1. The first kappa shape index (κ1) is 24.2. The van der Waals surface area contributed by atoms with Crippen LogP contribution in [0, 0.1) is 26.6 Å². The summed E-state index contributed by atoms with van der Waals surface area (Å²) in [5.41, 5.74) is 6.51. The third kappa shape index (κ3) is 5.50. The number of aryl methyl sites for hydroxylation is 4. The van der Waals surface area contributed by atoms with E-state index in [1.807, 2.05) is 32.1 Å². The van der Waals surface area contributed by atoms with Crippen molar-refractivity contribution in [2.75, 3.05) is 18.5 Å². The molecule has 0 aliphatic rings. The van der Waals surface area contributed by atoms with Crippen molar-refractivity contribution in [2.45, 2.75) is 54.0 Å². The fraction of sp³-hybridized carbons (Fsp3) is 0.400. The number of rotatable bonds is 9. The molecule has 2 heterocycles. The molecule has 0 fully saturated rings. The first-order valence-corrected chi connectivity index (χ1v) is 11.2. The molecule has 0 bridgehead atoms. The van der Waals surface area contributed by atoms with Gasteiger partial charge in [-0.25, -0.2) is 9.37 Å². The Morgan fingerprint density at radius 3 is 2.61 bits per heavy atom. The van der Waals surface area contributed by atoms with E-state index in [0.717, 1.165) is 34.5 Å². The minimum absolute atomic E-state index is 0.111. The smallest absolute Gasteiger partial charge is 0.307 e. The zero-order valence-corrected chi connectivity index (χ0v) is 19.8. The van der Waals surface area contributed by atoms with Gasteiger partial charge >= 0.3 is 5.97 Å². The number of amides is 1. The highest BCUT2D eigenvalue weighted by molar-refractivity contribution is 5.96. The molecule has 0 saturated carbocycles. The number of esters is 1. The summed E-state index contributed by atoms with van der Waals surface area (Å²) in [5.74, 6) is -0.878. The number of imidazole rings is 1. The van der Waals surface area contributed by atoms with E-state index in [9.17, 15) is 14.0 Å². The first-order valence-electron chi connectivity index (χ1n) is 11.2. The summed E-state index contributed by atoms with van der Waals surface area (Å²) in [7, 11) is 0. The third-order valence-electron chi connectivity index (χ3n) is 5.74. The van der Waals surface area contributed by atoms with E-state index in [0.29, 0.717) is 30.0 Å². The fourth-order valence-electron chi connectivity index (χ4n) is 3.83. The highest BCUT2D eigenvalue weighted by atomic mass is 19.1. The summed E-state index contributed by atoms with van der Waals surface area (Å²) in [4.78, 5) is 29.0. The number of carbonyl (C=O) groups is 2. The number of nitrogens with zero attached hydrogens (tertiary/aromatic N) is 2. The Morgan fingerprint density at radius 2 is 1.91 bits per heavy atom. The minimum Gasteiger partial charge on any atom is -0.466 e. The summed E-state index contributed by atoms with van der Waals surface area (Å²) in [6, 6.07) is 4.85. The van der Waals surface area contributed by atoms with Crippen molar-refractivity contribution in [3.8, 4) is 0 Å². The van der Waals surface area contributed by atoms with E-state index in [1.165, 1.54) is 6.07 Å². The van der Waals surface area contributed by atoms with Gasteiger partial charge in [-0.05, 0) is 69.0 Å². The molecule has 7 nitrogen and oxygen atoms in total. The molecule has 0 aliphatic carbocycles. The summed E-state index contributed by atoms with van der Waals surface area (Å²) in [6.07, 6.45) is 2.57. The molecule has 0 radical (unpaired) electrons. The van der Waals surface area contributed by atoms with E-state index in [2.05, 4.69) is 15.6 Å². The SMILES string of the molecule is CCOC(=O)CCNC(=O)c1cc(NCc2c(C)cc(F)cc2CC)c2nc(C)c(C)n2c1. The van der Waals surface area contributed by atoms with Crippen molar-refractivity contribution in [3.05, 3.63) is 63.9 Å². The van der Waals surface area contributed by atoms with Gasteiger partial charge in [-0.15, -0.1) is 0 Å². The lowest BCUT2D eigenvalue weighted by atomic mass is 9.99. The van der Waals surface area contributed by atoms with Gasteiger partial charge in [0.1, 0.15) is 5.82 Å². The Balaban J connectivity index is 1.88. The number of ether oxygens (including phenoxy) is 1. The van der Waals surface area contributed by atoms with Crippen LogP contribution in [-0.2, 0) is 22.5 Å². The summed E-state index contributed by atoms with van der Waals surface area (Å²) in [5, 5.41) is 6.18. The predicted octanol–water partition coefficient (Wildman–Crippen LogP) is 4.26. The second-order valence-electron chi connectivity index (χ2n) is 8.00. The van der Waals surface area contributed by atoms with Crippen molar-refractivity contribution in [1.82, 2.24) is 14.7 Å². The van der Waals surface area contributed by atoms with E-state index in [-0.39, 0.29) is 30.7 Å². The molecule has 0 unspecified atom stereocenters. The lowest BCUT2D eigenvalue weighted by molar-refractivity contribution is -0.142. The van der Waals surface area contributed by atoms with E-state index in [1.54, 1.807) is 25.3 Å². The van der Waals surface area contributed by atoms with Gasteiger partial charge in [0.2, 0.25) is 0 Å². The summed E-state index contributed by atoms with van der Waals surface area (Å²) < 4.78 is 20.6. The molecule has 176 valence electrons. The van der Waals surface area contributed by atoms with Gasteiger partial charge in [-0.2, -0.15) is 0 Å². The van der Waals surface area contributed by atoms with Gasteiger partial charge in [0.25, 0.3) is 5.91 Å². The van der Waals surface area contributed by atoms with Gasteiger partial charge in [0.05, 0.1) is 30.0 Å². The Bertz CT molecular complexity index is 1190. The minimum atomic E-state index is -0.349. The van der Waals surface area contributed by atoms with Crippen LogP contribution in [-0.4, -0.2) is 34.4 Å². The Hall–Kier alpha value is -3.42. The van der Waals surface area contributed by atoms with E-state index in [4.69, 9.17) is 4.74 Å². The third-order valence-corrected chi connectivity index (χ3v) is 5.74. The lowest BCUT2D eigenvalue weighted by Gasteiger charge is -2.15. The topological polar surface area (TPSA) is 84.7 Å². The van der Waals surface area contributed by atoms with Gasteiger partial charge in [-0.3, -0.25) is 9.59 Å². The maximum atomic E-state index is 13.8. The highest BCUT2D eigenvalue weighted by Gasteiger charge is 2.16. The second-order valence-corrected chi connectivity index (χ2v) is 8.00. The molecule has 1 aromatic carbocycles. The van der Waals surface area contributed by atoms with Crippen molar-refractivity contribution in [3.63, 3.8) is 0 Å². The molecule has 8 heteroatoms. The van der Waals surface area contributed by atoms with Crippen LogP contribution in [0.3, 0.4) is 0 Å². The lowest BCUT2D eigenvalue weighted by Crippen LogP contribution is -2.27. The predicted molar refractivity (Wildman–Crippen MR) is 126 cm³/mol. The van der Waals surface area contributed by atoms with E-state index >= 15 is 0 Å². The largest absolute Gasteiger partial charge is 0.466 e. The summed E-state index contributed by atoms with van der Waals surface area (Å²) in [6.45, 7) is 10.5. The number of nitrogens with one attached hydrogen (secondary N) is 2. The molecule has 2 N–H and O–H groups in total. The van der Waals surface area contributed by atoms with Gasteiger partial charge in [0, 0.05) is 25.0 Å². The Kier molecular flexibility index (Phi) is 7.68. The van der Waals surface area contributed by atoms with Crippen molar-refractivity contribution in [1.29, 1.82) is 0 Å². The van der Waals surface area contributed by atoms with Crippen LogP contribution in [0.5, 0.6) is 0 Å². The first-order chi connectivity index (χ1) is 15.7. The van der Waals surface area contributed by atoms with Crippen LogP contribution in [0.4, 0.5) is 10.1 Å². The average molecular weight is 455 g/mol. The number of benzene rings is 1. The second kappa shape index (κ2) is 10.5. The molecule has 0 saturated heterocycles. The van der Waals surface area contributed by atoms with Crippen LogP contribution >= 0.6 is 0 Å². The standard InChI is InChI=1S/C25H31FN4O3/c1-6-18-11-20(26)10-15(3)21(18)13-28-22-12-19(14-30-17(5)16(4)29-24(22)30)25(32)27-9-8-23(31)33-7-2/h10-12,14,28H,6-9,13H2,1-5H3,(H,27,32). The quantitative estimate of drug-likeness (QED) is 0.472. The van der Waals surface area contributed by atoms with Crippen LogP contribution in [0.1, 0.15) is 58.7 Å². The van der Waals surface area contributed by atoms with Crippen LogP contribution in [0.25, 0.3) is 5.65 Å². The maximum absolute atomic E-state index is 13.8. The maximum Gasteiger partial charge on any atom is 0.307 e. The number of carbonyl (C=O) groups excluding carboxylic acids is 2. The molecule has 3 aromatic rings. The van der Waals surface area contributed by atoms with Crippen LogP contribution in [0.2, 0.25) is 0 Å². The molecule has 2 aromatic heterocycles. The van der Waals surface area contributed by atoms with Crippen molar-refractivity contribution >= 4 is 23.2 Å². The van der Waals surface area contributed by atoms with Gasteiger partial charge in [0.15, 0.2) is 5.65 Å². The summed E-state index contributed by atoms with van der Waals surface area (Å²) >= 11 is 0. The van der Waals surface area contributed by atoms with Gasteiger partial charge < -0.3 is 19.8 Å². The molecule has 33 heavy (non-hydrogen) atoms. The molecular weight excluding hydrogens is 423 g/mol. The average Bonchev–Trinajstić information content (AvgIpc) is 3.06. The van der Waals surface area contributed by atoms with Crippen LogP contribution < -0.4 is 10.6 Å². The number of hydrogen-bond donors (Lipinski definition) is 2. The molecule has 3 rings (SSSR count). The molecule has 0 aliphatic heterocycles. The molecular formula is C25H31FN4O3. The van der Waals surface area contributed by atoms with E-state index < -0.39 is 0 Å². The number of pyridine rings is 1. The Morgan fingerprint density at radius 1 is 1.15 bits per heavy atom.